The number of amides is 2. The van der Waals surface area contributed by atoms with E-state index in [2.05, 4.69) is 29.4 Å². The minimum absolute atomic E-state index is 0.00637. The second-order valence-electron chi connectivity index (χ2n) is 12.8. The fourth-order valence-corrected chi connectivity index (χ4v) is 8.85. The van der Waals surface area contributed by atoms with Gasteiger partial charge in [-0.3, -0.25) is 14.5 Å². The second-order valence-corrected chi connectivity index (χ2v) is 15.2. The predicted octanol–water partition coefficient (Wildman–Crippen LogP) is 2.29. The third kappa shape index (κ3) is 8.63. The highest BCUT2D eigenvalue weighted by Crippen LogP contribution is 2.36. The van der Waals surface area contributed by atoms with Crippen LogP contribution in [0.15, 0.2) is 0 Å². The number of nitrogens with one attached hydrogen (secondary N) is 2. The maximum Gasteiger partial charge on any atom is 0.226 e. The average molecular weight is 556 g/mol. The van der Waals surface area contributed by atoms with Crippen molar-refractivity contribution in [3.8, 4) is 0 Å². The molecular formula is C28H49N3O6S. The summed E-state index contributed by atoms with van der Waals surface area (Å²) in [6.45, 7) is 8.12. The van der Waals surface area contributed by atoms with Crippen LogP contribution in [0.5, 0.6) is 0 Å². The summed E-state index contributed by atoms with van der Waals surface area (Å²) in [7, 11) is -1.35. The van der Waals surface area contributed by atoms with Crippen LogP contribution in [0.1, 0.15) is 78.1 Å². The van der Waals surface area contributed by atoms with E-state index in [1.807, 2.05) is 0 Å². The third-order valence-electron chi connectivity index (χ3n) is 8.92. The Kier molecular flexibility index (Phi) is 10.1. The second kappa shape index (κ2) is 13.0. The Balaban J connectivity index is 1.18. The van der Waals surface area contributed by atoms with Crippen LogP contribution in [-0.4, -0.2) is 93.8 Å². The lowest BCUT2D eigenvalue weighted by molar-refractivity contribution is -0.134. The number of morpholine rings is 1. The first-order chi connectivity index (χ1) is 18.0. The van der Waals surface area contributed by atoms with E-state index >= 15 is 0 Å². The largest absolute Gasteiger partial charge is 0.381 e. The SMILES string of the molecule is COC1CC(NC(=O)CC2CCC(S(=O)(=O)CC3CC3)CC2)CCC1C(=O)NC(C)(C)CN1CCOCC1. The van der Waals surface area contributed by atoms with E-state index < -0.39 is 9.84 Å². The summed E-state index contributed by atoms with van der Waals surface area (Å²) in [5, 5.41) is 6.21. The maximum atomic E-state index is 13.2. The van der Waals surface area contributed by atoms with Gasteiger partial charge in [0.1, 0.15) is 0 Å². The number of hydrogen-bond acceptors (Lipinski definition) is 7. The maximum absolute atomic E-state index is 13.2. The summed E-state index contributed by atoms with van der Waals surface area (Å²) in [6, 6.07) is -0.00637. The van der Waals surface area contributed by atoms with Gasteiger partial charge in [0.25, 0.3) is 0 Å². The standard InChI is InChI=1S/C28H49N3O6S/c1-28(2,19-31-12-14-37-15-13-31)30-27(33)24-11-8-22(17-25(24)36-3)29-26(32)16-20-6-9-23(10-7-20)38(34,35)18-21-4-5-21/h20-25H,4-19H2,1-3H3,(H,29,32)(H,30,33). The van der Waals surface area contributed by atoms with Crippen molar-refractivity contribution in [2.24, 2.45) is 17.8 Å². The van der Waals surface area contributed by atoms with Crippen molar-refractivity contribution < 1.29 is 27.5 Å². The van der Waals surface area contributed by atoms with Gasteiger partial charge in [-0.05, 0) is 83.5 Å². The van der Waals surface area contributed by atoms with Crippen LogP contribution in [0, 0.1) is 17.8 Å². The first-order valence-electron chi connectivity index (χ1n) is 14.7. The normalized spacial score (nSPS) is 31.5. The van der Waals surface area contributed by atoms with Gasteiger partial charge in [-0.2, -0.15) is 0 Å². The molecule has 1 aliphatic heterocycles. The van der Waals surface area contributed by atoms with Crippen molar-refractivity contribution in [1.29, 1.82) is 0 Å². The molecule has 38 heavy (non-hydrogen) atoms. The first-order valence-corrected chi connectivity index (χ1v) is 16.4. The predicted molar refractivity (Wildman–Crippen MR) is 146 cm³/mol. The lowest BCUT2D eigenvalue weighted by atomic mass is 9.81. The van der Waals surface area contributed by atoms with E-state index in [0.29, 0.717) is 43.8 Å². The molecule has 3 saturated carbocycles. The number of carbonyl (C=O) groups excluding carboxylic acids is 2. The molecule has 0 radical (unpaired) electrons. The van der Waals surface area contributed by atoms with Gasteiger partial charge in [-0.25, -0.2) is 8.42 Å². The summed E-state index contributed by atoms with van der Waals surface area (Å²) >= 11 is 0. The Hall–Kier alpha value is -1.23. The number of sulfone groups is 1. The van der Waals surface area contributed by atoms with Crippen molar-refractivity contribution in [2.75, 3.05) is 45.7 Å². The number of carbonyl (C=O) groups is 2. The van der Waals surface area contributed by atoms with Crippen LogP contribution >= 0.6 is 0 Å². The topological polar surface area (TPSA) is 114 Å². The number of nitrogens with zero attached hydrogens (tertiary/aromatic N) is 1. The van der Waals surface area contributed by atoms with Gasteiger partial charge in [0.2, 0.25) is 11.8 Å². The minimum Gasteiger partial charge on any atom is -0.381 e. The van der Waals surface area contributed by atoms with Gasteiger partial charge in [-0.1, -0.05) is 0 Å². The van der Waals surface area contributed by atoms with Gasteiger partial charge in [0.15, 0.2) is 9.84 Å². The number of rotatable bonds is 11. The molecule has 3 unspecified atom stereocenters. The Bertz CT molecular complexity index is 908. The smallest absolute Gasteiger partial charge is 0.226 e. The summed E-state index contributed by atoms with van der Waals surface area (Å²) in [5.41, 5.74) is -0.353. The molecule has 4 aliphatic rings. The number of ether oxygens (including phenoxy) is 2. The molecule has 10 heteroatoms. The van der Waals surface area contributed by atoms with Crippen molar-refractivity contribution >= 4 is 21.7 Å². The molecule has 2 amide bonds. The van der Waals surface area contributed by atoms with Crippen molar-refractivity contribution in [3.63, 3.8) is 0 Å². The van der Waals surface area contributed by atoms with Crippen LogP contribution in [0.3, 0.4) is 0 Å². The van der Waals surface area contributed by atoms with Gasteiger partial charge in [-0.15, -0.1) is 0 Å². The van der Waals surface area contributed by atoms with E-state index in [-0.39, 0.29) is 46.6 Å². The van der Waals surface area contributed by atoms with E-state index in [4.69, 9.17) is 9.47 Å². The molecule has 3 aliphatic carbocycles. The Morgan fingerprint density at radius 3 is 2.26 bits per heavy atom. The van der Waals surface area contributed by atoms with Gasteiger partial charge < -0.3 is 20.1 Å². The van der Waals surface area contributed by atoms with Crippen LogP contribution < -0.4 is 10.6 Å². The minimum atomic E-state index is -2.99. The third-order valence-corrected chi connectivity index (χ3v) is 11.3. The summed E-state index contributed by atoms with van der Waals surface area (Å²) in [6.07, 6.45) is 7.33. The fraction of sp³-hybridized carbons (Fsp3) is 0.929. The van der Waals surface area contributed by atoms with Crippen LogP contribution in [0.25, 0.3) is 0 Å². The molecule has 1 saturated heterocycles. The van der Waals surface area contributed by atoms with E-state index in [9.17, 15) is 18.0 Å². The molecule has 3 atom stereocenters. The monoisotopic (exact) mass is 555 g/mol. The van der Waals surface area contributed by atoms with Crippen LogP contribution in [0.2, 0.25) is 0 Å². The molecule has 0 spiro atoms. The van der Waals surface area contributed by atoms with Crippen LogP contribution in [-0.2, 0) is 28.9 Å². The quantitative estimate of drug-likeness (QED) is 0.402. The zero-order valence-corrected chi connectivity index (χ0v) is 24.4. The highest BCUT2D eigenvalue weighted by atomic mass is 32.2. The molecule has 0 aromatic rings. The Morgan fingerprint density at radius 2 is 1.63 bits per heavy atom. The molecule has 1 heterocycles. The van der Waals surface area contributed by atoms with Gasteiger partial charge in [0, 0.05) is 44.7 Å². The van der Waals surface area contributed by atoms with E-state index in [1.165, 1.54) is 0 Å². The van der Waals surface area contributed by atoms with Gasteiger partial charge in [0.05, 0.1) is 36.2 Å². The summed E-state index contributed by atoms with van der Waals surface area (Å²) in [4.78, 5) is 28.4. The van der Waals surface area contributed by atoms with E-state index in [0.717, 1.165) is 65.0 Å². The molecule has 9 nitrogen and oxygen atoms in total. The van der Waals surface area contributed by atoms with E-state index in [1.54, 1.807) is 7.11 Å². The lowest BCUT2D eigenvalue weighted by Crippen LogP contribution is -2.57. The van der Waals surface area contributed by atoms with Gasteiger partial charge >= 0.3 is 0 Å². The molecule has 0 aromatic carbocycles. The molecule has 0 bridgehead atoms. The molecule has 218 valence electrons. The number of hydrogen-bond donors (Lipinski definition) is 2. The molecule has 4 fully saturated rings. The summed E-state index contributed by atoms with van der Waals surface area (Å²) in [5.74, 6) is 0.816. The van der Waals surface area contributed by atoms with Crippen molar-refractivity contribution in [2.45, 2.75) is 101 Å². The highest BCUT2D eigenvalue weighted by molar-refractivity contribution is 7.92. The molecule has 2 N–H and O–H groups in total. The zero-order valence-electron chi connectivity index (χ0n) is 23.6. The summed E-state index contributed by atoms with van der Waals surface area (Å²) < 4.78 is 36.4. The average Bonchev–Trinajstić information content (AvgIpc) is 3.67. The first kappa shape index (κ1) is 29.7. The highest BCUT2D eigenvalue weighted by Gasteiger charge is 2.39. The van der Waals surface area contributed by atoms with Crippen molar-refractivity contribution in [1.82, 2.24) is 15.5 Å². The van der Waals surface area contributed by atoms with Crippen LogP contribution in [0.4, 0.5) is 0 Å². The van der Waals surface area contributed by atoms with Crippen molar-refractivity contribution in [3.05, 3.63) is 0 Å². The molecule has 4 rings (SSSR count). The lowest BCUT2D eigenvalue weighted by Gasteiger charge is -2.39. The Labute approximate surface area is 229 Å². The molecule has 0 aromatic heterocycles. The molecular weight excluding hydrogens is 506 g/mol. The number of methoxy groups -OCH3 is 1. The zero-order chi connectivity index (χ0) is 27.3. The fourth-order valence-electron chi connectivity index (χ4n) is 6.60. The Morgan fingerprint density at radius 1 is 0.974 bits per heavy atom.